The maximum Gasteiger partial charge on any atom is 0.245 e. The van der Waals surface area contributed by atoms with Gasteiger partial charge in [-0.1, -0.05) is 60.7 Å². The second kappa shape index (κ2) is 12.5. The molecule has 200 valence electrons. The molecule has 39 heavy (non-hydrogen) atoms. The Morgan fingerprint density at radius 1 is 0.923 bits per heavy atom. The monoisotopic (exact) mass is 522 g/mol. The Kier molecular flexibility index (Phi) is 8.39. The zero-order valence-electron chi connectivity index (χ0n) is 21.9. The topological polar surface area (TPSA) is 95.2 Å². The largest absolute Gasteiger partial charge is 0.489 e. The maximum absolute atomic E-state index is 13.3. The Bertz CT molecular complexity index is 1420. The summed E-state index contributed by atoms with van der Waals surface area (Å²) in [5.41, 5.74) is 3.30. The molecule has 1 saturated heterocycles. The van der Waals surface area contributed by atoms with E-state index in [1.54, 1.807) is 6.08 Å². The van der Waals surface area contributed by atoms with E-state index in [1.165, 1.54) is 6.08 Å². The van der Waals surface area contributed by atoms with Crippen LogP contribution in [0.3, 0.4) is 0 Å². The molecule has 2 heterocycles. The number of benzene rings is 3. The number of aromatic nitrogens is 1. The third-order valence-corrected chi connectivity index (χ3v) is 7.16. The Labute approximate surface area is 228 Å². The number of nitrogens with one attached hydrogen (secondary N) is 4. The van der Waals surface area contributed by atoms with Gasteiger partial charge in [0.2, 0.25) is 11.8 Å². The van der Waals surface area contributed by atoms with Crippen molar-refractivity contribution in [2.24, 2.45) is 0 Å². The van der Waals surface area contributed by atoms with Crippen LogP contribution in [-0.4, -0.2) is 42.0 Å². The average Bonchev–Trinajstić information content (AvgIpc) is 3.39. The van der Waals surface area contributed by atoms with Crippen LogP contribution in [0.2, 0.25) is 0 Å². The minimum Gasteiger partial charge on any atom is -0.489 e. The highest BCUT2D eigenvalue weighted by molar-refractivity contribution is 5.97. The van der Waals surface area contributed by atoms with E-state index in [2.05, 4.69) is 27.0 Å². The fourth-order valence-corrected chi connectivity index (χ4v) is 4.95. The summed E-state index contributed by atoms with van der Waals surface area (Å²) in [6.45, 7) is 2.34. The van der Waals surface area contributed by atoms with Crippen molar-refractivity contribution in [2.45, 2.75) is 31.4 Å². The van der Waals surface area contributed by atoms with Crippen LogP contribution in [0.4, 0.5) is 0 Å². The fraction of sp³-hybridized carbons (Fsp3) is 0.250. The van der Waals surface area contributed by atoms with Crippen molar-refractivity contribution in [2.75, 3.05) is 19.6 Å². The number of fused-ring (bicyclic) bond motifs is 1. The predicted molar refractivity (Wildman–Crippen MR) is 154 cm³/mol. The van der Waals surface area contributed by atoms with E-state index < -0.39 is 5.54 Å². The fourth-order valence-electron chi connectivity index (χ4n) is 4.95. The lowest BCUT2D eigenvalue weighted by molar-refractivity contribution is -0.133. The molecule has 1 aliphatic rings. The van der Waals surface area contributed by atoms with Crippen LogP contribution in [0.1, 0.15) is 29.5 Å². The van der Waals surface area contributed by atoms with Gasteiger partial charge < -0.3 is 25.7 Å². The van der Waals surface area contributed by atoms with Gasteiger partial charge >= 0.3 is 0 Å². The number of hydrogen-bond acceptors (Lipinski definition) is 4. The zero-order chi connectivity index (χ0) is 26.9. The highest BCUT2D eigenvalue weighted by atomic mass is 16.5. The van der Waals surface area contributed by atoms with Crippen LogP contribution in [0.5, 0.6) is 5.75 Å². The lowest BCUT2D eigenvalue weighted by Crippen LogP contribution is -2.62. The lowest BCUT2D eigenvalue weighted by atomic mass is 9.87. The van der Waals surface area contributed by atoms with Gasteiger partial charge in [0.05, 0.1) is 0 Å². The van der Waals surface area contributed by atoms with Gasteiger partial charge in [0, 0.05) is 29.7 Å². The van der Waals surface area contributed by atoms with Crippen molar-refractivity contribution < 1.29 is 14.3 Å². The molecular weight excluding hydrogens is 488 g/mol. The van der Waals surface area contributed by atoms with Crippen molar-refractivity contribution in [3.05, 3.63) is 108 Å². The normalized spacial score (nSPS) is 14.8. The van der Waals surface area contributed by atoms with Gasteiger partial charge in [-0.05, 0) is 73.3 Å². The summed E-state index contributed by atoms with van der Waals surface area (Å²) in [5.74, 6) is 0.344. The Balaban J connectivity index is 1.15. The minimum absolute atomic E-state index is 0.134. The number of amides is 2. The van der Waals surface area contributed by atoms with Gasteiger partial charge in [-0.25, -0.2) is 0 Å². The van der Waals surface area contributed by atoms with Crippen LogP contribution in [-0.2, 0) is 22.6 Å². The molecule has 0 unspecified atom stereocenters. The number of H-pyrrole nitrogens is 1. The third-order valence-electron chi connectivity index (χ3n) is 7.16. The quantitative estimate of drug-likeness (QED) is 0.233. The Morgan fingerprint density at radius 2 is 1.67 bits per heavy atom. The minimum atomic E-state index is -0.929. The second-order valence-corrected chi connectivity index (χ2v) is 9.86. The number of para-hydroxylation sites is 1. The molecule has 0 bridgehead atoms. The molecule has 3 aromatic carbocycles. The van der Waals surface area contributed by atoms with Crippen molar-refractivity contribution in [3.8, 4) is 5.75 Å². The number of piperidine rings is 1. The summed E-state index contributed by atoms with van der Waals surface area (Å²) in [4.78, 5) is 29.5. The molecule has 5 rings (SSSR count). The van der Waals surface area contributed by atoms with Crippen molar-refractivity contribution in [3.63, 3.8) is 0 Å². The molecule has 7 nitrogen and oxygen atoms in total. The molecule has 0 aliphatic carbocycles. The standard InChI is InChI=1S/C32H34N4O3/c37-30(15-12-24-10-13-27(14-11-24)39-23-25-6-2-1-3-7-25)36-32(17-20-33-21-18-32)31(38)34-19-16-26-22-35-29-9-5-4-8-28(26)29/h1-15,22,33,35H,16-21,23H2,(H,34,38)(H,36,37)/b15-12+. The molecule has 0 spiro atoms. The molecule has 2 amide bonds. The molecule has 4 aromatic rings. The van der Waals surface area contributed by atoms with Gasteiger partial charge in [-0.2, -0.15) is 0 Å². The molecule has 0 saturated carbocycles. The third kappa shape index (κ3) is 6.75. The van der Waals surface area contributed by atoms with E-state index in [0.717, 1.165) is 33.3 Å². The average molecular weight is 523 g/mol. The molecule has 0 atom stereocenters. The SMILES string of the molecule is O=C(/C=C/c1ccc(OCc2ccccc2)cc1)NC1(C(=O)NCCc2c[nH]c3ccccc23)CCNCC1. The molecule has 7 heteroatoms. The van der Waals surface area contributed by atoms with E-state index in [9.17, 15) is 9.59 Å². The summed E-state index contributed by atoms with van der Waals surface area (Å²) in [7, 11) is 0. The van der Waals surface area contributed by atoms with E-state index in [0.29, 0.717) is 45.5 Å². The van der Waals surface area contributed by atoms with Crippen LogP contribution < -0.4 is 20.7 Å². The number of carbonyl (C=O) groups excluding carboxylic acids is 2. The van der Waals surface area contributed by atoms with Crippen LogP contribution >= 0.6 is 0 Å². The van der Waals surface area contributed by atoms with Crippen molar-refractivity contribution in [1.82, 2.24) is 20.9 Å². The molecule has 1 aromatic heterocycles. The first kappa shape index (κ1) is 26.3. The Morgan fingerprint density at radius 3 is 2.46 bits per heavy atom. The first-order chi connectivity index (χ1) is 19.1. The molecule has 1 fully saturated rings. The van der Waals surface area contributed by atoms with Crippen LogP contribution in [0.15, 0.2) is 91.1 Å². The molecular formula is C32H34N4O3. The number of hydrogen-bond donors (Lipinski definition) is 4. The highest BCUT2D eigenvalue weighted by Gasteiger charge is 2.40. The van der Waals surface area contributed by atoms with Crippen molar-refractivity contribution in [1.29, 1.82) is 0 Å². The lowest BCUT2D eigenvalue weighted by Gasteiger charge is -2.36. The summed E-state index contributed by atoms with van der Waals surface area (Å²) in [6.07, 6.45) is 7.02. The number of ether oxygens (including phenoxy) is 1. The predicted octanol–water partition coefficient (Wildman–Crippen LogP) is 4.36. The van der Waals surface area contributed by atoms with Crippen LogP contribution in [0, 0.1) is 0 Å². The van der Waals surface area contributed by atoms with Gasteiger partial charge in [-0.3, -0.25) is 9.59 Å². The smallest absolute Gasteiger partial charge is 0.245 e. The van der Waals surface area contributed by atoms with E-state index in [1.807, 2.05) is 79.0 Å². The Hall–Kier alpha value is -4.36. The summed E-state index contributed by atoms with van der Waals surface area (Å²) in [5, 5.41) is 10.5. The number of aromatic amines is 1. The molecule has 1 aliphatic heterocycles. The summed E-state index contributed by atoms with van der Waals surface area (Å²) >= 11 is 0. The molecule has 4 N–H and O–H groups in total. The van der Waals surface area contributed by atoms with E-state index >= 15 is 0 Å². The van der Waals surface area contributed by atoms with Crippen LogP contribution in [0.25, 0.3) is 17.0 Å². The molecule has 0 radical (unpaired) electrons. The highest BCUT2D eigenvalue weighted by Crippen LogP contribution is 2.21. The van der Waals surface area contributed by atoms with E-state index in [4.69, 9.17) is 4.74 Å². The van der Waals surface area contributed by atoms with E-state index in [-0.39, 0.29) is 11.8 Å². The van der Waals surface area contributed by atoms with Gasteiger partial charge in [-0.15, -0.1) is 0 Å². The van der Waals surface area contributed by atoms with Crippen molar-refractivity contribution >= 4 is 28.8 Å². The first-order valence-corrected chi connectivity index (χ1v) is 13.4. The van der Waals surface area contributed by atoms with Gasteiger partial charge in [0.15, 0.2) is 0 Å². The first-order valence-electron chi connectivity index (χ1n) is 13.4. The van der Waals surface area contributed by atoms with Gasteiger partial charge in [0.1, 0.15) is 17.9 Å². The number of rotatable bonds is 10. The summed E-state index contributed by atoms with van der Waals surface area (Å²) < 4.78 is 5.83. The second-order valence-electron chi connectivity index (χ2n) is 9.86. The summed E-state index contributed by atoms with van der Waals surface area (Å²) in [6, 6.07) is 25.7. The van der Waals surface area contributed by atoms with Gasteiger partial charge in [0.25, 0.3) is 0 Å². The number of carbonyl (C=O) groups is 2. The maximum atomic E-state index is 13.3. The zero-order valence-corrected chi connectivity index (χ0v) is 21.9.